The molecule has 0 aromatic rings. The number of rotatable bonds is 1. The maximum atomic E-state index is 5.12. The summed E-state index contributed by atoms with van der Waals surface area (Å²) in [4.78, 5) is 0. The maximum absolute atomic E-state index is 5.12. The Morgan fingerprint density at radius 1 is 1.62 bits per heavy atom. The van der Waals surface area contributed by atoms with Crippen LogP contribution in [0.5, 0.6) is 0 Å². The van der Waals surface area contributed by atoms with Gasteiger partial charge in [-0.25, -0.2) is 0 Å². The lowest BCUT2D eigenvalue weighted by Gasteiger charge is -2.02. The second-order valence-corrected chi connectivity index (χ2v) is 2.40. The molecule has 0 aromatic carbocycles. The molecule has 1 aliphatic heterocycles. The van der Waals surface area contributed by atoms with Gasteiger partial charge in [0, 0.05) is 19.7 Å². The molecule has 1 N–H and O–H groups in total. The first-order valence-corrected chi connectivity index (χ1v) is 3.09. The van der Waals surface area contributed by atoms with Crippen molar-refractivity contribution >= 4 is 0 Å². The van der Waals surface area contributed by atoms with Crippen molar-refractivity contribution in [1.29, 1.82) is 0 Å². The lowest BCUT2D eigenvalue weighted by Crippen LogP contribution is -2.18. The number of hydrogen-bond acceptors (Lipinski definition) is 2. The molecule has 1 rings (SSSR count). The summed E-state index contributed by atoms with van der Waals surface area (Å²) in [7, 11) is 1.77. The molecule has 0 saturated carbocycles. The Kier molecular flexibility index (Phi) is 1.86. The van der Waals surface area contributed by atoms with Gasteiger partial charge in [-0.15, -0.1) is 0 Å². The van der Waals surface area contributed by atoms with Crippen LogP contribution in [0.25, 0.3) is 0 Å². The van der Waals surface area contributed by atoms with Crippen LogP contribution in [0.4, 0.5) is 0 Å². The summed E-state index contributed by atoms with van der Waals surface area (Å²) in [6.45, 7) is 3.21. The molecule has 2 nitrogen and oxygen atoms in total. The Hall–Kier alpha value is -0.0800. The smallest absolute Gasteiger partial charge is 0.0710 e. The van der Waals surface area contributed by atoms with E-state index in [0.717, 1.165) is 13.0 Å². The maximum Gasteiger partial charge on any atom is 0.0710 e. The molecular weight excluding hydrogens is 102 g/mol. The minimum absolute atomic E-state index is 0.463. The molecule has 0 radical (unpaired) electrons. The van der Waals surface area contributed by atoms with Gasteiger partial charge in [0.25, 0.3) is 0 Å². The second kappa shape index (κ2) is 2.46. The van der Waals surface area contributed by atoms with E-state index in [0.29, 0.717) is 12.1 Å². The third-order valence-corrected chi connectivity index (χ3v) is 1.64. The monoisotopic (exact) mass is 115 g/mol. The standard InChI is InChI=1S/C6H13NO/c1-5-3-6(8-2)4-7-5/h5-7H,3-4H2,1-2H3/t5-,6-/m0/s1. The fraction of sp³-hybridized carbons (Fsp3) is 1.00. The van der Waals surface area contributed by atoms with Crippen molar-refractivity contribution in [1.82, 2.24) is 5.32 Å². The predicted octanol–water partition coefficient (Wildman–Crippen LogP) is 0.383. The first kappa shape index (κ1) is 6.05. The SMILES string of the molecule is CO[C@@H]1CN[C@@H](C)C1. The van der Waals surface area contributed by atoms with Crippen molar-refractivity contribution in [2.24, 2.45) is 0 Å². The fourth-order valence-electron chi connectivity index (χ4n) is 1.07. The van der Waals surface area contributed by atoms with Crippen molar-refractivity contribution in [2.45, 2.75) is 25.5 Å². The van der Waals surface area contributed by atoms with Gasteiger partial charge in [0.1, 0.15) is 0 Å². The number of hydrogen-bond donors (Lipinski definition) is 1. The Labute approximate surface area is 50.2 Å². The van der Waals surface area contributed by atoms with Crippen molar-refractivity contribution in [2.75, 3.05) is 13.7 Å². The van der Waals surface area contributed by atoms with Crippen LogP contribution in [0.15, 0.2) is 0 Å². The lowest BCUT2D eigenvalue weighted by molar-refractivity contribution is 0.118. The van der Waals surface area contributed by atoms with Crippen LogP contribution < -0.4 is 5.32 Å². The average Bonchev–Trinajstić information content (AvgIpc) is 2.14. The van der Waals surface area contributed by atoms with Gasteiger partial charge < -0.3 is 10.1 Å². The summed E-state index contributed by atoms with van der Waals surface area (Å²) in [6, 6.07) is 0.653. The highest BCUT2D eigenvalue weighted by atomic mass is 16.5. The molecule has 0 spiro atoms. The molecule has 0 aliphatic carbocycles. The third kappa shape index (κ3) is 1.20. The van der Waals surface area contributed by atoms with Crippen LogP contribution in [0.2, 0.25) is 0 Å². The normalized spacial score (nSPS) is 38.2. The van der Waals surface area contributed by atoms with E-state index < -0.39 is 0 Å². The van der Waals surface area contributed by atoms with E-state index in [4.69, 9.17) is 4.74 Å². The van der Waals surface area contributed by atoms with E-state index in [1.54, 1.807) is 7.11 Å². The fourth-order valence-corrected chi connectivity index (χ4v) is 1.07. The molecule has 1 saturated heterocycles. The van der Waals surface area contributed by atoms with E-state index in [-0.39, 0.29) is 0 Å². The van der Waals surface area contributed by atoms with Gasteiger partial charge in [-0.3, -0.25) is 0 Å². The van der Waals surface area contributed by atoms with Gasteiger partial charge >= 0.3 is 0 Å². The average molecular weight is 115 g/mol. The predicted molar refractivity (Wildman–Crippen MR) is 32.9 cm³/mol. The van der Waals surface area contributed by atoms with Crippen molar-refractivity contribution in [3.63, 3.8) is 0 Å². The van der Waals surface area contributed by atoms with E-state index in [1.165, 1.54) is 0 Å². The highest BCUT2D eigenvalue weighted by molar-refractivity contribution is 4.77. The first-order chi connectivity index (χ1) is 3.83. The van der Waals surface area contributed by atoms with E-state index in [2.05, 4.69) is 12.2 Å². The van der Waals surface area contributed by atoms with Gasteiger partial charge in [-0.1, -0.05) is 0 Å². The second-order valence-electron chi connectivity index (χ2n) is 2.40. The van der Waals surface area contributed by atoms with Gasteiger partial charge in [0.15, 0.2) is 0 Å². The van der Waals surface area contributed by atoms with E-state index in [1.807, 2.05) is 0 Å². The van der Waals surface area contributed by atoms with Crippen LogP contribution in [0.1, 0.15) is 13.3 Å². The lowest BCUT2D eigenvalue weighted by atomic mass is 10.2. The van der Waals surface area contributed by atoms with E-state index in [9.17, 15) is 0 Å². The molecule has 0 bridgehead atoms. The minimum atomic E-state index is 0.463. The molecule has 48 valence electrons. The zero-order valence-corrected chi connectivity index (χ0v) is 5.48. The topological polar surface area (TPSA) is 21.3 Å². The Morgan fingerprint density at radius 3 is 2.62 bits per heavy atom. The summed E-state index contributed by atoms with van der Waals surface area (Å²) < 4.78 is 5.12. The Morgan fingerprint density at radius 2 is 2.38 bits per heavy atom. The molecule has 2 atom stereocenters. The summed E-state index contributed by atoms with van der Waals surface area (Å²) >= 11 is 0. The largest absolute Gasteiger partial charge is 0.380 e. The Bertz CT molecular complexity index is 74.9. The highest BCUT2D eigenvalue weighted by Gasteiger charge is 2.18. The molecule has 0 unspecified atom stereocenters. The van der Waals surface area contributed by atoms with Gasteiger partial charge in [0.05, 0.1) is 6.10 Å². The van der Waals surface area contributed by atoms with Crippen LogP contribution in [-0.2, 0) is 4.74 Å². The Balaban J connectivity index is 2.22. The van der Waals surface area contributed by atoms with Crippen LogP contribution in [0, 0.1) is 0 Å². The molecule has 1 aliphatic rings. The molecule has 0 amide bonds. The zero-order valence-electron chi connectivity index (χ0n) is 5.48. The van der Waals surface area contributed by atoms with Crippen LogP contribution in [-0.4, -0.2) is 25.8 Å². The molecular formula is C6H13NO. The van der Waals surface area contributed by atoms with E-state index >= 15 is 0 Å². The molecule has 0 aromatic heterocycles. The quantitative estimate of drug-likeness (QED) is 0.533. The number of methoxy groups -OCH3 is 1. The summed E-state index contributed by atoms with van der Waals surface area (Å²) in [6.07, 6.45) is 1.63. The summed E-state index contributed by atoms with van der Waals surface area (Å²) in [5, 5.41) is 3.30. The zero-order chi connectivity index (χ0) is 5.98. The molecule has 1 heterocycles. The van der Waals surface area contributed by atoms with Crippen LogP contribution >= 0.6 is 0 Å². The highest BCUT2D eigenvalue weighted by Crippen LogP contribution is 2.07. The number of ether oxygens (including phenoxy) is 1. The van der Waals surface area contributed by atoms with Gasteiger partial charge in [0.2, 0.25) is 0 Å². The van der Waals surface area contributed by atoms with Gasteiger partial charge in [-0.05, 0) is 13.3 Å². The van der Waals surface area contributed by atoms with Crippen LogP contribution in [0.3, 0.4) is 0 Å². The van der Waals surface area contributed by atoms with Crippen molar-refractivity contribution in [3.8, 4) is 0 Å². The van der Waals surface area contributed by atoms with Gasteiger partial charge in [-0.2, -0.15) is 0 Å². The minimum Gasteiger partial charge on any atom is -0.380 e. The molecule has 8 heavy (non-hydrogen) atoms. The first-order valence-electron chi connectivity index (χ1n) is 3.09. The number of nitrogens with one attached hydrogen (secondary N) is 1. The summed E-state index contributed by atoms with van der Waals surface area (Å²) in [5.74, 6) is 0. The van der Waals surface area contributed by atoms with Crippen molar-refractivity contribution < 1.29 is 4.74 Å². The summed E-state index contributed by atoms with van der Waals surface area (Å²) in [5.41, 5.74) is 0. The molecule has 1 fully saturated rings. The third-order valence-electron chi connectivity index (χ3n) is 1.64. The van der Waals surface area contributed by atoms with Crippen molar-refractivity contribution in [3.05, 3.63) is 0 Å². The molecule has 2 heteroatoms.